The minimum atomic E-state index is -0.275. The first kappa shape index (κ1) is 21.6. The molecular weight excluding hydrogens is 406 g/mol. The van der Waals surface area contributed by atoms with Gasteiger partial charge in [-0.2, -0.15) is 0 Å². The number of amides is 1. The van der Waals surface area contributed by atoms with Crippen molar-refractivity contribution in [1.29, 1.82) is 0 Å². The van der Waals surface area contributed by atoms with Crippen molar-refractivity contribution < 1.29 is 23.7 Å². The molecule has 0 bridgehead atoms. The summed E-state index contributed by atoms with van der Waals surface area (Å²) in [5.41, 5.74) is 3.75. The summed E-state index contributed by atoms with van der Waals surface area (Å²) >= 11 is 0. The van der Waals surface area contributed by atoms with Crippen molar-refractivity contribution in [3.8, 4) is 23.0 Å². The van der Waals surface area contributed by atoms with Gasteiger partial charge in [0.25, 0.3) is 5.91 Å². The Bertz CT molecular complexity index is 1110. The molecule has 6 nitrogen and oxygen atoms in total. The summed E-state index contributed by atoms with van der Waals surface area (Å²) in [5, 5.41) is 0. The lowest BCUT2D eigenvalue weighted by atomic mass is 9.87. The third-order valence-corrected chi connectivity index (χ3v) is 5.88. The van der Waals surface area contributed by atoms with Gasteiger partial charge in [-0.15, -0.1) is 0 Å². The highest BCUT2D eigenvalue weighted by atomic mass is 16.5. The summed E-state index contributed by atoms with van der Waals surface area (Å²) in [4.78, 5) is 15.6. The lowest BCUT2D eigenvalue weighted by Gasteiger charge is -2.38. The Hall–Kier alpha value is -3.67. The van der Waals surface area contributed by atoms with Crippen molar-refractivity contribution in [1.82, 2.24) is 4.90 Å². The molecule has 6 heteroatoms. The van der Waals surface area contributed by atoms with Crippen molar-refractivity contribution in [2.24, 2.45) is 0 Å². The minimum Gasteiger partial charge on any atom is -0.497 e. The minimum absolute atomic E-state index is 0.0508. The third kappa shape index (κ3) is 3.96. The van der Waals surface area contributed by atoms with Gasteiger partial charge in [0.15, 0.2) is 11.5 Å². The van der Waals surface area contributed by atoms with Crippen LogP contribution in [0.2, 0.25) is 0 Å². The van der Waals surface area contributed by atoms with Crippen LogP contribution < -0.4 is 18.9 Å². The van der Waals surface area contributed by atoms with E-state index in [-0.39, 0.29) is 11.9 Å². The monoisotopic (exact) mass is 433 g/mol. The van der Waals surface area contributed by atoms with Gasteiger partial charge in [-0.3, -0.25) is 4.79 Å². The summed E-state index contributed by atoms with van der Waals surface area (Å²) in [6, 6.07) is 18.8. The largest absolute Gasteiger partial charge is 0.497 e. The molecule has 1 aliphatic rings. The summed E-state index contributed by atoms with van der Waals surface area (Å²) in [6.07, 6.45) is 0.720. The van der Waals surface area contributed by atoms with Crippen LogP contribution in [0.1, 0.15) is 33.1 Å². The van der Waals surface area contributed by atoms with Crippen LogP contribution in [0.25, 0.3) is 0 Å². The molecule has 166 valence electrons. The third-order valence-electron chi connectivity index (χ3n) is 5.88. The topological polar surface area (TPSA) is 57.2 Å². The average Bonchev–Trinajstić information content (AvgIpc) is 2.86. The Labute approximate surface area is 188 Å². The Morgan fingerprint density at radius 2 is 1.50 bits per heavy atom. The molecule has 0 N–H and O–H groups in total. The molecule has 0 fully saturated rings. The molecule has 0 radical (unpaired) electrons. The highest BCUT2D eigenvalue weighted by Crippen LogP contribution is 2.42. The van der Waals surface area contributed by atoms with Gasteiger partial charge in [0.1, 0.15) is 11.5 Å². The van der Waals surface area contributed by atoms with Crippen molar-refractivity contribution in [2.75, 3.05) is 35.0 Å². The molecule has 0 unspecified atom stereocenters. The first-order valence-corrected chi connectivity index (χ1v) is 10.4. The van der Waals surface area contributed by atoms with E-state index in [4.69, 9.17) is 18.9 Å². The first-order valence-electron chi connectivity index (χ1n) is 10.4. The summed E-state index contributed by atoms with van der Waals surface area (Å²) in [6.45, 7) is 0.579. The van der Waals surface area contributed by atoms with Gasteiger partial charge in [0.05, 0.1) is 34.5 Å². The molecule has 0 aliphatic carbocycles. The predicted molar refractivity (Wildman–Crippen MR) is 122 cm³/mol. The number of rotatable bonds is 6. The number of carbonyl (C=O) groups excluding carboxylic acids is 1. The fourth-order valence-corrected chi connectivity index (χ4v) is 4.23. The van der Waals surface area contributed by atoms with Crippen LogP contribution in [-0.2, 0) is 6.42 Å². The van der Waals surface area contributed by atoms with Gasteiger partial charge in [-0.1, -0.05) is 18.2 Å². The van der Waals surface area contributed by atoms with Crippen LogP contribution in [0.5, 0.6) is 23.0 Å². The van der Waals surface area contributed by atoms with Crippen LogP contribution in [-0.4, -0.2) is 45.8 Å². The molecule has 1 amide bonds. The number of fused-ring (bicyclic) bond motifs is 1. The number of methoxy groups -OCH3 is 4. The van der Waals surface area contributed by atoms with Gasteiger partial charge in [-0.25, -0.2) is 0 Å². The van der Waals surface area contributed by atoms with E-state index >= 15 is 0 Å². The van der Waals surface area contributed by atoms with Crippen LogP contribution >= 0.6 is 0 Å². The van der Waals surface area contributed by atoms with E-state index in [9.17, 15) is 4.79 Å². The zero-order valence-electron chi connectivity index (χ0n) is 18.8. The van der Waals surface area contributed by atoms with E-state index in [1.165, 1.54) is 0 Å². The van der Waals surface area contributed by atoms with Gasteiger partial charge in [0.2, 0.25) is 0 Å². The van der Waals surface area contributed by atoms with Gasteiger partial charge in [-0.05, 0) is 65.6 Å². The van der Waals surface area contributed by atoms with Crippen molar-refractivity contribution in [2.45, 2.75) is 12.5 Å². The van der Waals surface area contributed by atoms with E-state index in [0.717, 1.165) is 28.9 Å². The number of hydrogen-bond acceptors (Lipinski definition) is 5. The van der Waals surface area contributed by atoms with Crippen molar-refractivity contribution >= 4 is 5.91 Å². The van der Waals surface area contributed by atoms with E-state index in [1.54, 1.807) is 34.5 Å². The van der Waals surface area contributed by atoms with Crippen LogP contribution in [0.4, 0.5) is 0 Å². The molecule has 0 spiro atoms. The summed E-state index contributed by atoms with van der Waals surface area (Å²) < 4.78 is 21.7. The van der Waals surface area contributed by atoms with E-state index in [0.29, 0.717) is 29.4 Å². The lowest BCUT2D eigenvalue weighted by Crippen LogP contribution is -2.40. The highest BCUT2D eigenvalue weighted by Gasteiger charge is 2.34. The molecule has 3 aromatic rings. The van der Waals surface area contributed by atoms with Gasteiger partial charge < -0.3 is 23.8 Å². The van der Waals surface area contributed by atoms with E-state index in [2.05, 4.69) is 0 Å². The molecule has 0 saturated carbocycles. The first-order chi connectivity index (χ1) is 15.6. The number of carbonyl (C=O) groups is 1. The van der Waals surface area contributed by atoms with Crippen LogP contribution in [0.15, 0.2) is 60.7 Å². The Kier molecular flexibility index (Phi) is 6.21. The lowest BCUT2D eigenvalue weighted by molar-refractivity contribution is 0.0694. The van der Waals surface area contributed by atoms with Gasteiger partial charge in [0, 0.05) is 12.1 Å². The fraction of sp³-hybridized carbons (Fsp3) is 0.269. The number of ether oxygens (including phenoxy) is 4. The molecule has 1 aliphatic heterocycles. The quantitative estimate of drug-likeness (QED) is 0.573. The molecule has 1 heterocycles. The molecule has 1 atom stereocenters. The number of hydrogen-bond donors (Lipinski definition) is 0. The molecule has 4 rings (SSSR count). The zero-order valence-corrected chi connectivity index (χ0v) is 18.8. The molecule has 32 heavy (non-hydrogen) atoms. The average molecular weight is 434 g/mol. The standard InChI is InChI=1S/C26H27NO5/c1-29-20-10-8-17(9-11-20)25-22-16-24(32-4)23(31-3)15-18(22)12-13-27(25)26(28)19-6-5-7-21(14-19)30-2/h5-11,14-16,25H,12-13H2,1-4H3/t25-/m1/s1. The SMILES string of the molecule is COc1ccc([C@@H]2c3cc(OC)c(OC)cc3CCN2C(=O)c2cccc(OC)c2)cc1. The van der Waals surface area contributed by atoms with E-state index < -0.39 is 0 Å². The number of nitrogens with zero attached hydrogens (tertiary/aromatic N) is 1. The Morgan fingerprint density at radius 1 is 0.812 bits per heavy atom. The second kappa shape index (κ2) is 9.22. The molecule has 0 aromatic heterocycles. The normalized spacial score (nSPS) is 15.0. The maximum atomic E-state index is 13.7. The van der Waals surface area contributed by atoms with Crippen molar-refractivity contribution in [3.63, 3.8) is 0 Å². The predicted octanol–water partition coefficient (Wildman–Crippen LogP) is 4.51. The molecule has 0 saturated heterocycles. The highest BCUT2D eigenvalue weighted by molar-refractivity contribution is 5.95. The zero-order chi connectivity index (χ0) is 22.7. The molecular formula is C26H27NO5. The second-order valence-corrected chi connectivity index (χ2v) is 7.56. The maximum Gasteiger partial charge on any atom is 0.254 e. The smallest absolute Gasteiger partial charge is 0.254 e. The Morgan fingerprint density at radius 3 is 2.16 bits per heavy atom. The van der Waals surface area contributed by atoms with Crippen LogP contribution in [0.3, 0.4) is 0 Å². The van der Waals surface area contributed by atoms with Crippen molar-refractivity contribution in [3.05, 3.63) is 82.9 Å². The van der Waals surface area contributed by atoms with Gasteiger partial charge >= 0.3 is 0 Å². The molecule has 3 aromatic carbocycles. The Balaban J connectivity index is 1.83. The number of benzene rings is 3. The summed E-state index contributed by atoms with van der Waals surface area (Å²) in [7, 11) is 6.49. The van der Waals surface area contributed by atoms with Crippen LogP contribution in [0, 0.1) is 0 Å². The fourth-order valence-electron chi connectivity index (χ4n) is 4.23. The summed E-state index contributed by atoms with van der Waals surface area (Å²) in [5.74, 6) is 2.70. The second-order valence-electron chi connectivity index (χ2n) is 7.56. The van der Waals surface area contributed by atoms with E-state index in [1.807, 2.05) is 59.5 Å². The maximum absolute atomic E-state index is 13.7.